The Morgan fingerprint density at radius 2 is 2.33 bits per heavy atom. The van der Waals surface area contributed by atoms with Crippen LogP contribution in [0.3, 0.4) is 0 Å². The standard InChI is InChI=1S/C4H2ClN2OS/c5-3-1-2-4(9)7(8)6-3/h1-2H. The zero-order valence-corrected chi connectivity index (χ0v) is 5.82. The van der Waals surface area contributed by atoms with Gasteiger partial charge in [-0.15, -0.1) is 0 Å². The maximum atomic E-state index is 10.5. The summed E-state index contributed by atoms with van der Waals surface area (Å²) in [6.07, 6.45) is 0. The Bertz CT molecular complexity index is 230. The molecule has 0 aliphatic rings. The number of nitrogens with zero attached hydrogens (tertiary/aromatic N) is 2. The van der Waals surface area contributed by atoms with Crippen LogP contribution in [-0.2, 0) is 0 Å². The highest BCUT2D eigenvalue weighted by atomic mass is 35.5. The van der Waals surface area contributed by atoms with Gasteiger partial charge >= 0.3 is 5.03 Å². The van der Waals surface area contributed by atoms with Crippen LogP contribution in [0.25, 0.3) is 0 Å². The van der Waals surface area contributed by atoms with Crippen LogP contribution >= 0.6 is 24.2 Å². The van der Waals surface area contributed by atoms with E-state index in [-0.39, 0.29) is 10.2 Å². The molecule has 0 N–H and O–H groups in total. The molecule has 0 spiro atoms. The summed E-state index contributed by atoms with van der Waals surface area (Å²) in [7, 11) is 0. The minimum Gasteiger partial charge on any atom is -0.593 e. The van der Waals surface area contributed by atoms with Gasteiger partial charge in [-0.25, -0.2) is 0 Å². The molecule has 0 saturated heterocycles. The number of hydrogen-bond donors (Lipinski definition) is 0. The van der Waals surface area contributed by atoms with Crippen molar-refractivity contribution >= 4 is 24.2 Å². The Hall–Kier alpha value is -0.610. The van der Waals surface area contributed by atoms with E-state index >= 15 is 0 Å². The van der Waals surface area contributed by atoms with Crippen LogP contribution in [0.15, 0.2) is 17.2 Å². The predicted molar refractivity (Wildman–Crippen MR) is 34.1 cm³/mol. The van der Waals surface area contributed by atoms with Crippen molar-refractivity contribution in [3.8, 4) is 0 Å². The minimum absolute atomic E-state index is 0.124. The summed E-state index contributed by atoms with van der Waals surface area (Å²) in [6, 6.07) is 2.90. The zero-order chi connectivity index (χ0) is 6.85. The second-order valence-electron chi connectivity index (χ2n) is 1.37. The Morgan fingerprint density at radius 1 is 1.67 bits per heavy atom. The summed E-state index contributed by atoms with van der Waals surface area (Å²) in [4.78, 5) is 0.303. The molecule has 9 heavy (non-hydrogen) atoms. The highest BCUT2D eigenvalue weighted by Gasteiger charge is 2.01. The van der Waals surface area contributed by atoms with Crippen molar-refractivity contribution in [1.82, 2.24) is 5.10 Å². The molecular weight excluding hydrogens is 160 g/mol. The van der Waals surface area contributed by atoms with Crippen LogP contribution in [0.5, 0.6) is 0 Å². The molecule has 1 aromatic heterocycles. The second-order valence-corrected chi connectivity index (χ2v) is 2.17. The minimum atomic E-state index is 0.124. The van der Waals surface area contributed by atoms with E-state index in [4.69, 9.17) is 11.6 Å². The van der Waals surface area contributed by atoms with Crippen molar-refractivity contribution < 1.29 is 4.85 Å². The van der Waals surface area contributed by atoms with E-state index in [1.807, 2.05) is 0 Å². The third-order valence-corrected chi connectivity index (χ3v) is 1.23. The van der Waals surface area contributed by atoms with Crippen molar-refractivity contribution in [1.29, 1.82) is 0 Å². The molecule has 0 aliphatic heterocycles. The number of rotatable bonds is 0. The van der Waals surface area contributed by atoms with E-state index in [1.165, 1.54) is 12.1 Å². The summed E-state index contributed by atoms with van der Waals surface area (Å²) in [5.41, 5.74) is 0. The van der Waals surface area contributed by atoms with Gasteiger partial charge in [0.15, 0.2) is 5.15 Å². The molecule has 0 bridgehead atoms. The monoisotopic (exact) mass is 161 g/mol. The van der Waals surface area contributed by atoms with Crippen molar-refractivity contribution in [2.75, 3.05) is 0 Å². The maximum absolute atomic E-state index is 10.5. The van der Waals surface area contributed by atoms with E-state index in [9.17, 15) is 5.21 Å². The SMILES string of the molecule is [O-][n+]1nc(Cl)ccc1[S]. The summed E-state index contributed by atoms with van der Waals surface area (Å²) in [5, 5.41) is 14.0. The van der Waals surface area contributed by atoms with E-state index in [2.05, 4.69) is 17.7 Å². The lowest BCUT2D eigenvalue weighted by Gasteiger charge is -1.92. The summed E-state index contributed by atoms with van der Waals surface area (Å²) < 4.78 is 0. The quantitative estimate of drug-likeness (QED) is 0.420. The van der Waals surface area contributed by atoms with Crippen LogP contribution in [0, 0.1) is 5.21 Å². The van der Waals surface area contributed by atoms with E-state index in [0.29, 0.717) is 4.85 Å². The van der Waals surface area contributed by atoms with Crippen LogP contribution in [0.2, 0.25) is 5.15 Å². The van der Waals surface area contributed by atoms with Crippen molar-refractivity contribution in [3.05, 3.63) is 22.5 Å². The summed E-state index contributed by atoms with van der Waals surface area (Å²) in [6.45, 7) is 0. The van der Waals surface area contributed by atoms with Crippen LogP contribution in [0.4, 0.5) is 0 Å². The van der Waals surface area contributed by atoms with Gasteiger partial charge in [0, 0.05) is 11.2 Å². The van der Waals surface area contributed by atoms with Crippen molar-refractivity contribution in [2.24, 2.45) is 0 Å². The molecule has 0 atom stereocenters. The molecule has 1 radical (unpaired) electrons. The van der Waals surface area contributed by atoms with Gasteiger partial charge in [-0.2, -0.15) is 0 Å². The molecule has 1 heterocycles. The first-order valence-electron chi connectivity index (χ1n) is 2.13. The number of aromatic nitrogens is 2. The molecular formula is C4H2ClN2OS. The molecule has 0 saturated carbocycles. The summed E-state index contributed by atoms with van der Waals surface area (Å²) >= 11 is 9.88. The lowest BCUT2D eigenvalue weighted by Crippen LogP contribution is -2.32. The average molecular weight is 162 g/mol. The first-order chi connectivity index (χ1) is 4.20. The number of hydrogen-bond acceptors (Lipinski definition) is 2. The maximum Gasteiger partial charge on any atom is 0.310 e. The average Bonchev–Trinajstić information content (AvgIpc) is 1.80. The Kier molecular flexibility index (Phi) is 1.68. The van der Waals surface area contributed by atoms with Crippen LogP contribution in [0.1, 0.15) is 0 Å². The van der Waals surface area contributed by atoms with Gasteiger partial charge in [-0.1, -0.05) is 11.6 Å². The molecule has 3 nitrogen and oxygen atoms in total. The van der Waals surface area contributed by atoms with Crippen LogP contribution < -0.4 is 4.85 Å². The first-order valence-corrected chi connectivity index (χ1v) is 2.92. The topological polar surface area (TPSA) is 39.8 Å². The molecule has 47 valence electrons. The zero-order valence-electron chi connectivity index (χ0n) is 4.24. The molecule has 0 aromatic carbocycles. The molecule has 1 aromatic rings. The molecule has 0 unspecified atom stereocenters. The fourth-order valence-electron chi connectivity index (χ4n) is 0.373. The second kappa shape index (κ2) is 2.33. The fraction of sp³-hybridized carbons (Fsp3) is 0. The number of halogens is 1. The largest absolute Gasteiger partial charge is 0.593 e. The van der Waals surface area contributed by atoms with Gasteiger partial charge in [0.05, 0.1) is 0 Å². The first kappa shape index (κ1) is 6.51. The van der Waals surface area contributed by atoms with Crippen molar-refractivity contribution in [3.63, 3.8) is 0 Å². The third kappa shape index (κ3) is 1.40. The van der Waals surface area contributed by atoms with Gasteiger partial charge in [-0.3, -0.25) is 0 Å². The van der Waals surface area contributed by atoms with Crippen molar-refractivity contribution in [2.45, 2.75) is 5.03 Å². The lowest BCUT2D eigenvalue weighted by atomic mass is 10.6. The summed E-state index contributed by atoms with van der Waals surface area (Å²) in [5.74, 6) is 0. The van der Waals surface area contributed by atoms with Gasteiger partial charge in [0.25, 0.3) is 0 Å². The molecule has 0 aliphatic carbocycles. The van der Waals surface area contributed by atoms with E-state index in [1.54, 1.807) is 0 Å². The van der Waals surface area contributed by atoms with E-state index in [0.717, 1.165) is 0 Å². The van der Waals surface area contributed by atoms with Gasteiger partial charge in [0.2, 0.25) is 0 Å². The lowest BCUT2D eigenvalue weighted by molar-refractivity contribution is -0.706. The Morgan fingerprint density at radius 3 is 2.78 bits per heavy atom. The van der Waals surface area contributed by atoms with Gasteiger partial charge in [-0.05, 0) is 23.5 Å². The molecule has 0 fully saturated rings. The van der Waals surface area contributed by atoms with Gasteiger partial charge in [0.1, 0.15) is 0 Å². The third-order valence-electron chi connectivity index (χ3n) is 0.738. The molecule has 0 amide bonds. The predicted octanol–water partition coefficient (Wildman–Crippen LogP) is 0.925. The molecule has 5 heteroatoms. The van der Waals surface area contributed by atoms with E-state index < -0.39 is 0 Å². The normalized spacial score (nSPS) is 9.44. The Labute approximate surface area is 62.3 Å². The highest BCUT2D eigenvalue weighted by molar-refractivity contribution is 7.80. The van der Waals surface area contributed by atoms with Gasteiger partial charge < -0.3 is 5.21 Å². The highest BCUT2D eigenvalue weighted by Crippen LogP contribution is 2.02. The smallest absolute Gasteiger partial charge is 0.310 e. The fourth-order valence-corrected chi connectivity index (χ4v) is 0.614. The Balaban J connectivity index is 3.17. The van der Waals surface area contributed by atoms with Crippen LogP contribution in [-0.4, -0.2) is 5.10 Å². The molecule has 1 rings (SSSR count).